The summed E-state index contributed by atoms with van der Waals surface area (Å²) >= 11 is 0. The standard InChI is InChI=1S/C62H98O6/c1-4-7-10-13-16-19-22-25-27-28-29-30-31-32-33-34-35-38-40-43-46-49-52-55-61(64)67-58-59(57-66-60(63)54-51-48-45-42-39-36-24-21-18-15-12-9-6-3)68-62(65)56-53-50-47-44-41-37-26-23-20-17-14-11-8-5-2/h7,9-10,12,16,18-19,21,23,25-27,29-30,32-33,35-36,38-39,43,46,59H,4-6,8,11,13-15,17,20,22,24,28,31,34,37,40-42,44-45,47-58H2,1-3H3/b10-7-,12-9-,19-16-,21-18-,26-23-,27-25-,30-29-,33-32-,38-35-,39-36-,46-43-. The van der Waals surface area contributed by atoms with Crippen molar-refractivity contribution in [3.63, 3.8) is 0 Å². The average molecular weight is 939 g/mol. The van der Waals surface area contributed by atoms with Crippen molar-refractivity contribution in [1.82, 2.24) is 0 Å². The summed E-state index contributed by atoms with van der Waals surface area (Å²) in [6.07, 6.45) is 77.3. The minimum atomic E-state index is -0.822. The number of esters is 3. The lowest BCUT2D eigenvalue weighted by atomic mass is 10.1. The average Bonchev–Trinajstić information content (AvgIpc) is 3.34. The van der Waals surface area contributed by atoms with E-state index in [4.69, 9.17) is 14.2 Å². The molecule has 1 unspecified atom stereocenters. The van der Waals surface area contributed by atoms with E-state index in [-0.39, 0.29) is 37.5 Å². The number of rotatable bonds is 47. The molecule has 6 nitrogen and oxygen atoms in total. The van der Waals surface area contributed by atoms with Gasteiger partial charge in [-0.25, -0.2) is 0 Å². The molecule has 0 radical (unpaired) electrons. The molecule has 0 aromatic heterocycles. The van der Waals surface area contributed by atoms with E-state index in [1.807, 2.05) is 0 Å². The van der Waals surface area contributed by atoms with Crippen molar-refractivity contribution in [3.05, 3.63) is 134 Å². The zero-order valence-corrected chi connectivity index (χ0v) is 43.6. The van der Waals surface area contributed by atoms with Crippen molar-refractivity contribution in [2.75, 3.05) is 13.2 Å². The third-order valence-electron chi connectivity index (χ3n) is 10.9. The van der Waals surface area contributed by atoms with Gasteiger partial charge in [0.15, 0.2) is 6.10 Å². The van der Waals surface area contributed by atoms with Crippen LogP contribution in [0.15, 0.2) is 134 Å². The van der Waals surface area contributed by atoms with Gasteiger partial charge < -0.3 is 14.2 Å². The Morgan fingerprint density at radius 3 is 0.985 bits per heavy atom. The first-order valence-electron chi connectivity index (χ1n) is 27.2. The maximum atomic E-state index is 12.8. The molecule has 0 aromatic carbocycles. The van der Waals surface area contributed by atoms with Crippen molar-refractivity contribution >= 4 is 17.9 Å². The summed E-state index contributed by atoms with van der Waals surface area (Å²) in [5.41, 5.74) is 0. The highest BCUT2D eigenvalue weighted by atomic mass is 16.6. The van der Waals surface area contributed by atoms with Crippen LogP contribution < -0.4 is 0 Å². The van der Waals surface area contributed by atoms with Crippen LogP contribution in [0, 0.1) is 0 Å². The van der Waals surface area contributed by atoms with Crippen molar-refractivity contribution in [3.8, 4) is 0 Å². The van der Waals surface area contributed by atoms with Gasteiger partial charge >= 0.3 is 17.9 Å². The van der Waals surface area contributed by atoms with Crippen LogP contribution in [0.1, 0.15) is 220 Å². The van der Waals surface area contributed by atoms with Crippen molar-refractivity contribution in [2.24, 2.45) is 0 Å². The fourth-order valence-electron chi connectivity index (χ4n) is 6.85. The van der Waals surface area contributed by atoms with Crippen LogP contribution in [0.2, 0.25) is 0 Å². The highest BCUT2D eigenvalue weighted by molar-refractivity contribution is 5.71. The SMILES string of the molecule is CC/C=C\C/C=C\C/C=C\C/C=C\C/C=C\C/C=C\C/C=C\CCCC(=O)OCC(COC(=O)CCCCC/C=C\C/C=C\C/C=C\CC)OC(=O)CCCCCCC/C=C\CCCCCCC. The monoisotopic (exact) mass is 939 g/mol. The Morgan fingerprint density at radius 2 is 0.588 bits per heavy atom. The molecule has 382 valence electrons. The summed E-state index contributed by atoms with van der Waals surface area (Å²) in [6, 6.07) is 0. The van der Waals surface area contributed by atoms with Crippen LogP contribution in [0.5, 0.6) is 0 Å². The zero-order valence-electron chi connectivity index (χ0n) is 43.6. The summed E-state index contributed by atoms with van der Waals surface area (Å²) in [5, 5.41) is 0. The van der Waals surface area contributed by atoms with Crippen LogP contribution in [0.25, 0.3) is 0 Å². The van der Waals surface area contributed by atoms with E-state index in [1.54, 1.807) is 0 Å². The molecule has 0 heterocycles. The molecule has 0 aliphatic rings. The van der Waals surface area contributed by atoms with Crippen LogP contribution in [0.3, 0.4) is 0 Å². The second-order valence-electron chi connectivity index (χ2n) is 17.4. The molecule has 0 aliphatic carbocycles. The number of hydrogen-bond acceptors (Lipinski definition) is 6. The van der Waals surface area contributed by atoms with Crippen LogP contribution in [0.4, 0.5) is 0 Å². The molecule has 0 aromatic rings. The van der Waals surface area contributed by atoms with E-state index in [0.717, 1.165) is 128 Å². The van der Waals surface area contributed by atoms with Crippen LogP contribution in [-0.4, -0.2) is 37.2 Å². The second kappa shape index (κ2) is 55.1. The third kappa shape index (κ3) is 52.5. The molecule has 0 amide bonds. The van der Waals surface area contributed by atoms with E-state index in [9.17, 15) is 14.4 Å². The predicted molar refractivity (Wildman–Crippen MR) is 292 cm³/mol. The normalized spacial score (nSPS) is 13.2. The summed E-state index contributed by atoms with van der Waals surface area (Å²) in [6.45, 7) is 6.30. The third-order valence-corrected chi connectivity index (χ3v) is 10.9. The van der Waals surface area contributed by atoms with Gasteiger partial charge in [0, 0.05) is 19.3 Å². The lowest BCUT2D eigenvalue weighted by molar-refractivity contribution is -0.167. The molecule has 0 saturated carbocycles. The predicted octanol–water partition coefficient (Wildman–Crippen LogP) is 18.3. The Morgan fingerprint density at radius 1 is 0.309 bits per heavy atom. The Kier molecular flexibility index (Phi) is 51.5. The van der Waals surface area contributed by atoms with Crippen molar-refractivity contribution < 1.29 is 28.6 Å². The number of hydrogen-bond donors (Lipinski definition) is 0. The first-order valence-corrected chi connectivity index (χ1v) is 27.2. The Hall–Kier alpha value is -4.45. The maximum absolute atomic E-state index is 12.8. The zero-order chi connectivity index (χ0) is 49.3. The van der Waals surface area contributed by atoms with Gasteiger partial charge in [0.2, 0.25) is 0 Å². The first kappa shape index (κ1) is 63.5. The Bertz CT molecular complexity index is 1500. The van der Waals surface area contributed by atoms with E-state index in [0.29, 0.717) is 19.3 Å². The van der Waals surface area contributed by atoms with Gasteiger partial charge in [0.25, 0.3) is 0 Å². The van der Waals surface area contributed by atoms with Gasteiger partial charge in [-0.3, -0.25) is 14.4 Å². The van der Waals surface area contributed by atoms with Gasteiger partial charge in [-0.05, 0) is 128 Å². The molecular formula is C62H98O6. The van der Waals surface area contributed by atoms with Gasteiger partial charge in [0.1, 0.15) is 13.2 Å². The van der Waals surface area contributed by atoms with Gasteiger partial charge in [-0.2, -0.15) is 0 Å². The number of carbonyl (C=O) groups is 3. The molecule has 0 aliphatic heterocycles. The van der Waals surface area contributed by atoms with E-state index < -0.39 is 6.10 Å². The van der Waals surface area contributed by atoms with E-state index >= 15 is 0 Å². The first-order chi connectivity index (χ1) is 33.5. The van der Waals surface area contributed by atoms with Gasteiger partial charge in [-0.15, -0.1) is 0 Å². The Balaban J connectivity index is 4.52. The smallest absolute Gasteiger partial charge is 0.306 e. The summed E-state index contributed by atoms with van der Waals surface area (Å²) < 4.78 is 16.7. The topological polar surface area (TPSA) is 78.9 Å². The van der Waals surface area contributed by atoms with Crippen LogP contribution in [-0.2, 0) is 28.6 Å². The van der Waals surface area contributed by atoms with Crippen molar-refractivity contribution in [1.29, 1.82) is 0 Å². The molecule has 0 spiro atoms. The van der Waals surface area contributed by atoms with Gasteiger partial charge in [-0.1, -0.05) is 206 Å². The molecule has 6 heteroatoms. The highest BCUT2D eigenvalue weighted by Crippen LogP contribution is 2.12. The lowest BCUT2D eigenvalue weighted by Crippen LogP contribution is -2.30. The molecule has 68 heavy (non-hydrogen) atoms. The van der Waals surface area contributed by atoms with Crippen LogP contribution >= 0.6 is 0 Å². The van der Waals surface area contributed by atoms with Crippen molar-refractivity contribution in [2.45, 2.75) is 226 Å². The molecule has 0 rings (SSSR count). The molecule has 1 atom stereocenters. The Labute approximate surface area is 417 Å². The maximum Gasteiger partial charge on any atom is 0.306 e. The highest BCUT2D eigenvalue weighted by Gasteiger charge is 2.19. The minimum Gasteiger partial charge on any atom is -0.462 e. The molecular weight excluding hydrogens is 841 g/mol. The quantitative estimate of drug-likeness (QED) is 0.0262. The fraction of sp³-hybridized carbons (Fsp3) is 0.597. The molecule has 0 bridgehead atoms. The molecule has 0 saturated heterocycles. The molecule has 0 fully saturated rings. The number of carbonyl (C=O) groups excluding carboxylic acids is 3. The molecule has 0 N–H and O–H groups in total. The van der Waals surface area contributed by atoms with E-state index in [2.05, 4.69) is 154 Å². The minimum absolute atomic E-state index is 0.119. The fourth-order valence-corrected chi connectivity index (χ4v) is 6.85. The number of unbranched alkanes of at least 4 members (excludes halogenated alkanes) is 14. The summed E-state index contributed by atoms with van der Waals surface area (Å²) in [7, 11) is 0. The van der Waals surface area contributed by atoms with Gasteiger partial charge in [0.05, 0.1) is 0 Å². The number of allylic oxidation sites excluding steroid dienone is 22. The summed E-state index contributed by atoms with van der Waals surface area (Å²) in [5.74, 6) is -1.02. The second-order valence-corrected chi connectivity index (χ2v) is 17.4. The summed E-state index contributed by atoms with van der Waals surface area (Å²) in [4.78, 5) is 38.0. The number of ether oxygens (including phenoxy) is 3. The largest absolute Gasteiger partial charge is 0.462 e. The van der Waals surface area contributed by atoms with E-state index in [1.165, 1.54) is 44.9 Å². The lowest BCUT2D eigenvalue weighted by Gasteiger charge is -2.18.